The Balaban J connectivity index is 1.56. The van der Waals surface area contributed by atoms with Crippen LogP contribution in [0.4, 0.5) is 16.2 Å². The normalized spacial score (nSPS) is 16.7. The van der Waals surface area contributed by atoms with Crippen molar-refractivity contribution in [2.24, 2.45) is 0 Å². The van der Waals surface area contributed by atoms with Crippen molar-refractivity contribution in [3.8, 4) is 11.8 Å². The minimum absolute atomic E-state index is 0.177. The van der Waals surface area contributed by atoms with Gasteiger partial charge in [0.1, 0.15) is 25.0 Å². The maximum absolute atomic E-state index is 11.8. The van der Waals surface area contributed by atoms with E-state index in [2.05, 4.69) is 33.3 Å². The highest BCUT2D eigenvalue weighted by Gasteiger charge is 2.39. The molecule has 0 spiro atoms. The van der Waals surface area contributed by atoms with Crippen LogP contribution in [0.15, 0.2) is 55.1 Å². The van der Waals surface area contributed by atoms with E-state index in [0.29, 0.717) is 32.0 Å². The predicted octanol–water partition coefficient (Wildman–Crippen LogP) is 4.11. The molecule has 1 aliphatic heterocycles. The molecule has 1 N–H and O–H groups in total. The average Bonchev–Trinajstić information content (AvgIpc) is 3.44. The number of hydrogen-bond acceptors (Lipinski definition) is 7. The van der Waals surface area contributed by atoms with Crippen molar-refractivity contribution >= 4 is 17.5 Å². The highest BCUT2D eigenvalue weighted by molar-refractivity contribution is 5.84. The molecule has 1 amide bonds. The molecule has 9 heteroatoms. The van der Waals surface area contributed by atoms with Crippen LogP contribution in [0.25, 0.3) is 0 Å². The lowest BCUT2D eigenvalue weighted by atomic mass is 9.91. The molecule has 33 heavy (non-hydrogen) atoms. The molecule has 3 aromatic rings. The number of nitrogens with one attached hydrogen (secondary N) is 1. The highest BCUT2D eigenvalue weighted by atomic mass is 16.5. The number of nitrogens with zero attached hydrogens (tertiary/aromatic N) is 5. The first kappa shape index (κ1) is 22.1. The van der Waals surface area contributed by atoms with Gasteiger partial charge < -0.3 is 14.4 Å². The lowest BCUT2D eigenvalue weighted by molar-refractivity contribution is 0.168. The zero-order chi connectivity index (χ0) is 23.2. The first-order chi connectivity index (χ1) is 16.1. The fourth-order valence-electron chi connectivity index (χ4n) is 4.20. The van der Waals surface area contributed by atoms with Crippen molar-refractivity contribution < 1.29 is 14.3 Å². The Labute approximate surface area is 192 Å². The van der Waals surface area contributed by atoms with Crippen LogP contribution in [-0.2, 0) is 11.3 Å². The summed E-state index contributed by atoms with van der Waals surface area (Å²) < 4.78 is 12.6. The minimum atomic E-state index is -0.499. The summed E-state index contributed by atoms with van der Waals surface area (Å²) >= 11 is 0. The van der Waals surface area contributed by atoms with Crippen LogP contribution < -0.4 is 15.0 Å². The van der Waals surface area contributed by atoms with E-state index in [0.717, 1.165) is 22.6 Å². The number of nitriles is 1. The number of carbonyl (C=O) groups is 1. The number of ether oxygens (including phenoxy) is 2. The van der Waals surface area contributed by atoms with E-state index in [1.165, 1.54) is 6.33 Å². The van der Waals surface area contributed by atoms with Gasteiger partial charge in [0, 0.05) is 24.0 Å². The van der Waals surface area contributed by atoms with Gasteiger partial charge in [0.25, 0.3) is 0 Å². The van der Waals surface area contributed by atoms with Crippen molar-refractivity contribution in [1.82, 2.24) is 14.8 Å². The van der Waals surface area contributed by atoms with Gasteiger partial charge in [-0.25, -0.2) is 14.5 Å². The molecule has 0 bridgehead atoms. The molecule has 0 saturated heterocycles. The molecule has 4 rings (SSSR count). The van der Waals surface area contributed by atoms with Gasteiger partial charge in [-0.05, 0) is 43.2 Å². The molecule has 1 aliphatic rings. The van der Waals surface area contributed by atoms with E-state index in [-0.39, 0.29) is 12.0 Å². The molecule has 0 radical (unpaired) electrons. The van der Waals surface area contributed by atoms with Crippen LogP contribution in [0, 0.1) is 11.3 Å². The standard InChI is InChI=1S/C24H26N6O3/c1-3-30-22-13-19(33-11-10-29-16-26-15-27-29)8-9-20(22)21(14-25)23(30)17-6-5-7-18(12-17)28-24(31)32-4-2/h5-9,12-13,15-16,21,23H,3-4,10-11H2,1-2H3,(H,28,31). The maximum Gasteiger partial charge on any atom is 0.411 e. The summed E-state index contributed by atoms with van der Waals surface area (Å²) in [6.07, 6.45) is 2.65. The van der Waals surface area contributed by atoms with Crippen LogP contribution >= 0.6 is 0 Å². The summed E-state index contributed by atoms with van der Waals surface area (Å²) in [5.41, 5.74) is 3.53. The van der Waals surface area contributed by atoms with Gasteiger partial charge in [0.05, 0.1) is 31.2 Å². The number of amides is 1. The zero-order valence-corrected chi connectivity index (χ0v) is 18.6. The quantitative estimate of drug-likeness (QED) is 0.555. The summed E-state index contributed by atoms with van der Waals surface area (Å²) in [6, 6.07) is 15.7. The topological polar surface area (TPSA) is 105 Å². The molecule has 1 aromatic heterocycles. The number of anilines is 2. The molecular formula is C24H26N6O3. The molecule has 9 nitrogen and oxygen atoms in total. The summed E-state index contributed by atoms with van der Waals surface area (Å²) in [4.78, 5) is 18.0. The van der Waals surface area contributed by atoms with Crippen molar-refractivity contribution in [3.05, 3.63) is 66.2 Å². The number of carbonyl (C=O) groups excluding carboxylic acids is 1. The predicted molar refractivity (Wildman–Crippen MR) is 123 cm³/mol. The van der Waals surface area contributed by atoms with E-state index in [9.17, 15) is 10.1 Å². The van der Waals surface area contributed by atoms with E-state index < -0.39 is 6.09 Å². The Bertz CT molecular complexity index is 1140. The third-order valence-corrected chi connectivity index (χ3v) is 5.58. The Hall–Kier alpha value is -4.06. The first-order valence-electron chi connectivity index (χ1n) is 10.9. The number of hydrogen-bond donors (Lipinski definition) is 1. The molecule has 0 saturated carbocycles. The lowest BCUT2D eigenvalue weighted by Gasteiger charge is -2.28. The van der Waals surface area contributed by atoms with Crippen LogP contribution in [0.3, 0.4) is 0 Å². The van der Waals surface area contributed by atoms with Crippen molar-refractivity contribution in [2.75, 3.05) is 30.0 Å². The Morgan fingerprint density at radius 2 is 2.12 bits per heavy atom. The Morgan fingerprint density at radius 1 is 1.24 bits per heavy atom. The SMILES string of the molecule is CCOC(=O)Nc1cccc(C2C(C#N)c3ccc(OCCn4cncn4)cc3N2CC)c1. The summed E-state index contributed by atoms with van der Waals surface area (Å²) in [7, 11) is 0. The van der Waals surface area contributed by atoms with Gasteiger partial charge in [-0.2, -0.15) is 10.4 Å². The highest BCUT2D eigenvalue weighted by Crippen LogP contribution is 2.49. The van der Waals surface area contributed by atoms with Crippen LogP contribution in [0.1, 0.15) is 36.9 Å². The Morgan fingerprint density at radius 3 is 2.85 bits per heavy atom. The number of benzene rings is 2. The zero-order valence-electron chi connectivity index (χ0n) is 18.6. The second-order valence-electron chi connectivity index (χ2n) is 7.54. The fraction of sp³-hybridized carbons (Fsp3) is 0.333. The third kappa shape index (κ3) is 4.75. The van der Waals surface area contributed by atoms with Gasteiger partial charge in [-0.15, -0.1) is 0 Å². The lowest BCUT2D eigenvalue weighted by Crippen LogP contribution is -2.26. The first-order valence-corrected chi connectivity index (χ1v) is 10.9. The summed E-state index contributed by atoms with van der Waals surface area (Å²) in [5, 5.41) is 16.9. The van der Waals surface area contributed by atoms with Crippen LogP contribution in [-0.4, -0.2) is 40.6 Å². The summed E-state index contributed by atoms with van der Waals surface area (Å²) in [5.74, 6) is 0.393. The third-order valence-electron chi connectivity index (χ3n) is 5.58. The van der Waals surface area contributed by atoms with E-state index in [1.54, 1.807) is 24.0 Å². The minimum Gasteiger partial charge on any atom is -0.492 e. The second kappa shape index (κ2) is 10.0. The molecule has 0 fully saturated rings. The van der Waals surface area contributed by atoms with E-state index in [1.807, 2.05) is 36.4 Å². The smallest absolute Gasteiger partial charge is 0.411 e. The van der Waals surface area contributed by atoms with Gasteiger partial charge in [-0.3, -0.25) is 5.32 Å². The van der Waals surface area contributed by atoms with Gasteiger partial charge in [-0.1, -0.05) is 18.2 Å². The number of rotatable bonds is 8. The van der Waals surface area contributed by atoms with Gasteiger partial charge in [0.2, 0.25) is 0 Å². The van der Waals surface area contributed by atoms with Crippen molar-refractivity contribution in [2.45, 2.75) is 32.4 Å². The van der Waals surface area contributed by atoms with Crippen molar-refractivity contribution in [1.29, 1.82) is 5.26 Å². The van der Waals surface area contributed by atoms with E-state index in [4.69, 9.17) is 9.47 Å². The number of likely N-dealkylation sites (N-methyl/N-ethyl adjacent to an activating group) is 1. The molecule has 0 aliphatic carbocycles. The largest absolute Gasteiger partial charge is 0.492 e. The van der Waals surface area contributed by atoms with Crippen molar-refractivity contribution in [3.63, 3.8) is 0 Å². The fourth-order valence-corrected chi connectivity index (χ4v) is 4.20. The van der Waals surface area contributed by atoms with Gasteiger partial charge >= 0.3 is 6.09 Å². The van der Waals surface area contributed by atoms with Gasteiger partial charge in [0.15, 0.2) is 0 Å². The molecule has 2 heterocycles. The molecule has 2 atom stereocenters. The number of fused-ring (bicyclic) bond motifs is 1. The molecule has 2 unspecified atom stereocenters. The van der Waals surface area contributed by atoms with E-state index >= 15 is 0 Å². The molecular weight excluding hydrogens is 420 g/mol. The summed E-state index contributed by atoms with van der Waals surface area (Å²) in [6.45, 7) is 5.89. The van der Waals surface area contributed by atoms with Crippen LogP contribution in [0.5, 0.6) is 5.75 Å². The average molecular weight is 447 g/mol. The maximum atomic E-state index is 11.8. The number of aromatic nitrogens is 3. The monoisotopic (exact) mass is 446 g/mol. The Kier molecular flexibility index (Phi) is 6.74. The molecule has 170 valence electrons. The van der Waals surface area contributed by atoms with Crippen LogP contribution in [0.2, 0.25) is 0 Å². The molecule has 2 aromatic carbocycles. The second-order valence-corrected chi connectivity index (χ2v) is 7.54.